The maximum Gasteiger partial charge on any atom is 0.0439 e. The van der Waals surface area contributed by atoms with Crippen LogP contribution in [0.5, 0.6) is 0 Å². The largest absolute Gasteiger partial charge is 0.313 e. The molecule has 8 heavy (non-hydrogen) atoms. The normalized spacial score (nSPS) is 10.9. The van der Waals surface area contributed by atoms with Crippen LogP contribution in [0.1, 0.15) is 20.3 Å². The predicted molar refractivity (Wildman–Crippen MR) is 37.0 cm³/mol. The highest BCUT2D eigenvalue weighted by molar-refractivity contribution is 5.77. The Morgan fingerprint density at radius 2 is 2.25 bits per heavy atom. The molecule has 0 aliphatic carbocycles. The van der Waals surface area contributed by atoms with Gasteiger partial charge in [-0.15, -0.1) is 0 Å². The first-order valence-corrected chi connectivity index (χ1v) is 2.78. The maximum atomic E-state index is 6.63. The molecule has 0 spiro atoms. The van der Waals surface area contributed by atoms with Crippen LogP contribution in [0.4, 0.5) is 0 Å². The SMILES string of the molecule is CC(C)N=CCC=N. The Balaban J connectivity index is 3.19. The summed E-state index contributed by atoms with van der Waals surface area (Å²) in [5.41, 5.74) is 0. The molecule has 0 rings (SSSR count). The fourth-order valence-corrected chi connectivity index (χ4v) is 0.324. The number of hydrogen-bond acceptors (Lipinski definition) is 2. The van der Waals surface area contributed by atoms with Gasteiger partial charge in [-0.05, 0) is 13.8 Å². The molecule has 0 bridgehead atoms. The molecule has 0 fully saturated rings. The van der Waals surface area contributed by atoms with Crippen LogP contribution in [0.25, 0.3) is 0 Å². The van der Waals surface area contributed by atoms with Crippen LogP contribution < -0.4 is 0 Å². The smallest absolute Gasteiger partial charge is 0.0439 e. The molecule has 1 N–H and O–H groups in total. The van der Waals surface area contributed by atoms with Gasteiger partial charge in [0.25, 0.3) is 0 Å². The van der Waals surface area contributed by atoms with Crippen molar-refractivity contribution in [3.05, 3.63) is 0 Å². The second-order valence-electron chi connectivity index (χ2n) is 1.87. The number of hydrogen-bond donors (Lipinski definition) is 1. The molecule has 0 radical (unpaired) electrons. The second-order valence-corrected chi connectivity index (χ2v) is 1.87. The first-order valence-electron chi connectivity index (χ1n) is 2.78. The number of rotatable bonds is 3. The molecule has 0 aliphatic rings. The third kappa shape index (κ3) is 5.34. The Bertz CT molecular complexity index is 84.5. The van der Waals surface area contributed by atoms with E-state index in [2.05, 4.69) is 4.99 Å². The molecule has 0 saturated carbocycles. The number of aliphatic imine (C=N–C) groups is 1. The van der Waals surface area contributed by atoms with Crippen molar-refractivity contribution in [3.8, 4) is 0 Å². The summed E-state index contributed by atoms with van der Waals surface area (Å²) in [5, 5.41) is 6.63. The molecule has 0 aromatic heterocycles. The zero-order chi connectivity index (χ0) is 6.41. The van der Waals surface area contributed by atoms with E-state index in [9.17, 15) is 0 Å². The van der Waals surface area contributed by atoms with Crippen LogP contribution >= 0.6 is 0 Å². The summed E-state index contributed by atoms with van der Waals surface area (Å²) in [7, 11) is 0. The van der Waals surface area contributed by atoms with Gasteiger partial charge >= 0.3 is 0 Å². The van der Waals surface area contributed by atoms with E-state index in [4.69, 9.17) is 5.41 Å². The zero-order valence-electron chi connectivity index (χ0n) is 5.39. The average molecular weight is 112 g/mol. The molecule has 46 valence electrons. The lowest BCUT2D eigenvalue weighted by Crippen LogP contribution is -1.88. The lowest BCUT2D eigenvalue weighted by molar-refractivity contribution is 0.839. The van der Waals surface area contributed by atoms with Gasteiger partial charge in [0.2, 0.25) is 0 Å². The van der Waals surface area contributed by atoms with Crippen LogP contribution in [-0.4, -0.2) is 18.5 Å². The lowest BCUT2D eigenvalue weighted by Gasteiger charge is -1.90. The van der Waals surface area contributed by atoms with Crippen LogP contribution in [0.15, 0.2) is 4.99 Å². The summed E-state index contributed by atoms with van der Waals surface area (Å²) in [5.74, 6) is 0. The Labute approximate surface area is 50.1 Å². The minimum atomic E-state index is 0.370. The molecule has 0 aliphatic heterocycles. The van der Waals surface area contributed by atoms with E-state index in [1.165, 1.54) is 6.21 Å². The van der Waals surface area contributed by atoms with E-state index < -0.39 is 0 Å². The van der Waals surface area contributed by atoms with Crippen molar-refractivity contribution in [2.75, 3.05) is 0 Å². The van der Waals surface area contributed by atoms with Crippen LogP contribution in [0.3, 0.4) is 0 Å². The van der Waals surface area contributed by atoms with Gasteiger partial charge in [-0.25, -0.2) is 0 Å². The highest BCUT2D eigenvalue weighted by Gasteiger charge is 1.79. The van der Waals surface area contributed by atoms with Crippen molar-refractivity contribution >= 4 is 12.4 Å². The quantitative estimate of drug-likeness (QED) is 0.537. The Morgan fingerprint density at radius 3 is 2.62 bits per heavy atom. The minimum Gasteiger partial charge on any atom is -0.313 e. The van der Waals surface area contributed by atoms with E-state index >= 15 is 0 Å². The molecule has 2 nitrogen and oxygen atoms in total. The van der Waals surface area contributed by atoms with Gasteiger partial charge in [-0.3, -0.25) is 4.99 Å². The van der Waals surface area contributed by atoms with Crippen molar-refractivity contribution in [2.45, 2.75) is 26.3 Å². The van der Waals surface area contributed by atoms with Crippen molar-refractivity contribution in [1.29, 1.82) is 5.41 Å². The second kappa shape index (κ2) is 4.50. The van der Waals surface area contributed by atoms with Gasteiger partial charge in [0.05, 0.1) is 0 Å². The fourth-order valence-electron chi connectivity index (χ4n) is 0.324. The van der Waals surface area contributed by atoms with Crippen LogP contribution in [0.2, 0.25) is 0 Å². The van der Waals surface area contributed by atoms with E-state index in [0.29, 0.717) is 12.5 Å². The van der Waals surface area contributed by atoms with Crippen LogP contribution in [0, 0.1) is 5.41 Å². The van der Waals surface area contributed by atoms with E-state index in [1.54, 1.807) is 6.21 Å². The third-order valence-electron chi connectivity index (χ3n) is 0.627. The number of nitrogens with zero attached hydrogens (tertiary/aromatic N) is 1. The molecule has 0 heterocycles. The summed E-state index contributed by atoms with van der Waals surface area (Å²) >= 11 is 0. The standard InChI is InChI=1S/C6H12N2/c1-6(2)8-5-3-4-7/h4-7H,3H2,1-2H3. The highest BCUT2D eigenvalue weighted by atomic mass is 14.7. The summed E-state index contributed by atoms with van der Waals surface area (Å²) in [6, 6.07) is 0.370. The predicted octanol–water partition coefficient (Wildman–Crippen LogP) is 1.51. The monoisotopic (exact) mass is 112 g/mol. The molecule has 0 aromatic carbocycles. The Kier molecular flexibility index (Phi) is 4.13. The zero-order valence-corrected chi connectivity index (χ0v) is 5.39. The van der Waals surface area contributed by atoms with Gasteiger partial charge in [0, 0.05) is 24.9 Å². The van der Waals surface area contributed by atoms with Gasteiger partial charge in [-0.1, -0.05) is 0 Å². The molecule has 0 atom stereocenters. The molecule has 0 saturated heterocycles. The van der Waals surface area contributed by atoms with Crippen molar-refractivity contribution in [3.63, 3.8) is 0 Å². The Hall–Kier alpha value is -0.660. The highest BCUT2D eigenvalue weighted by Crippen LogP contribution is 1.82. The van der Waals surface area contributed by atoms with Gasteiger partial charge in [0.15, 0.2) is 0 Å². The molecule has 0 amide bonds. The lowest BCUT2D eigenvalue weighted by atomic mass is 10.4. The molecular formula is C6H12N2. The van der Waals surface area contributed by atoms with Gasteiger partial charge in [0.1, 0.15) is 0 Å². The first-order chi connectivity index (χ1) is 3.77. The summed E-state index contributed by atoms with van der Waals surface area (Å²) in [6.45, 7) is 4.03. The first kappa shape index (κ1) is 7.34. The summed E-state index contributed by atoms with van der Waals surface area (Å²) in [4.78, 5) is 4.04. The molecule has 2 heteroatoms. The van der Waals surface area contributed by atoms with Gasteiger partial charge < -0.3 is 5.41 Å². The maximum absolute atomic E-state index is 6.63. The summed E-state index contributed by atoms with van der Waals surface area (Å²) < 4.78 is 0. The Morgan fingerprint density at radius 1 is 1.62 bits per heavy atom. The molecule has 0 unspecified atom stereocenters. The van der Waals surface area contributed by atoms with Crippen molar-refractivity contribution < 1.29 is 0 Å². The van der Waals surface area contributed by atoms with Gasteiger partial charge in [-0.2, -0.15) is 0 Å². The van der Waals surface area contributed by atoms with Crippen molar-refractivity contribution in [1.82, 2.24) is 0 Å². The third-order valence-corrected chi connectivity index (χ3v) is 0.627. The van der Waals surface area contributed by atoms with E-state index in [1.807, 2.05) is 13.8 Å². The minimum absolute atomic E-state index is 0.370. The van der Waals surface area contributed by atoms with E-state index in [-0.39, 0.29) is 0 Å². The van der Waals surface area contributed by atoms with Crippen molar-refractivity contribution in [2.24, 2.45) is 4.99 Å². The summed E-state index contributed by atoms with van der Waals surface area (Å²) in [6.07, 6.45) is 3.77. The number of nitrogens with one attached hydrogen (secondary N) is 1. The van der Waals surface area contributed by atoms with E-state index in [0.717, 1.165) is 0 Å². The molecular weight excluding hydrogens is 100 g/mol. The fraction of sp³-hybridized carbons (Fsp3) is 0.667. The molecule has 0 aromatic rings. The van der Waals surface area contributed by atoms with Crippen LogP contribution in [-0.2, 0) is 0 Å². The average Bonchev–Trinajstić information content (AvgIpc) is 1.66. The topological polar surface area (TPSA) is 36.2 Å².